The highest BCUT2D eigenvalue weighted by atomic mass is 16.5. The number of methoxy groups -OCH3 is 1. The summed E-state index contributed by atoms with van der Waals surface area (Å²) in [6, 6.07) is 14.8. The first-order valence-corrected chi connectivity index (χ1v) is 6.27. The molecule has 4 heteroatoms. The summed E-state index contributed by atoms with van der Waals surface area (Å²) >= 11 is 0. The predicted molar refractivity (Wildman–Crippen MR) is 76.2 cm³/mol. The van der Waals surface area contributed by atoms with E-state index >= 15 is 0 Å². The quantitative estimate of drug-likeness (QED) is 0.821. The van der Waals surface area contributed by atoms with Crippen LogP contribution in [-0.2, 0) is 4.74 Å². The van der Waals surface area contributed by atoms with E-state index < -0.39 is 5.97 Å². The second-order valence-electron chi connectivity index (χ2n) is 4.22. The number of ether oxygens (including phenoxy) is 2. The lowest BCUT2D eigenvalue weighted by Gasteiger charge is -2.11. The first-order chi connectivity index (χ1) is 9.72. The molecule has 0 aromatic heterocycles. The molecule has 0 heterocycles. The van der Waals surface area contributed by atoms with Gasteiger partial charge in [0.1, 0.15) is 17.9 Å². The van der Waals surface area contributed by atoms with E-state index in [0.29, 0.717) is 19.0 Å². The minimum absolute atomic E-state index is 0.154. The van der Waals surface area contributed by atoms with E-state index in [1.165, 1.54) is 0 Å². The fraction of sp³-hybridized carbons (Fsp3) is 0.188. The molecule has 0 aliphatic heterocycles. The summed E-state index contributed by atoms with van der Waals surface area (Å²) in [5.41, 5.74) is 2.09. The van der Waals surface area contributed by atoms with Gasteiger partial charge in [-0.25, -0.2) is 4.79 Å². The molecule has 0 radical (unpaired) electrons. The summed E-state index contributed by atoms with van der Waals surface area (Å²) in [6.07, 6.45) is 0. The van der Waals surface area contributed by atoms with Crippen molar-refractivity contribution in [3.05, 3.63) is 54.1 Å². The minimum atomic E-state index is -1.00. The first kappa shape index (κ1) is 14.1. The van der Waals surface area contributed by atoms with Crippen molar-refractivity contribution >= 4 is 5.97 Å². The largest absolute Gasteiger partial charge is 0.490 e. The topological polar surface area (TPSA) is 55.8 Å². The zero-order valence-electron chi connectivity index (χ0n) is 11.2. The summed E-state index contributed by atoms with van der Waals surface area (Å²) < 4.78 is 10.4. The molecule has 0 saturated heterocycles. The Labute approximate surface area is 117 Å². The van der Waals surface area contributed by atoms with Crippen molar-refractivity contribution < 1.29 is 19.4 Å². The van der Waals surface area contributed by atoms with Crippen LogP contribution >= 0.6 is 0 Å². The van der Waals surface area contributed by atoms with E-state index in [9.17, 15) is 9.90 Å². The highest BCUT2D eigenvalue weighted by Crippen LogP contribution is 2.27. The first-order valence-electron chi connectivity index (χ1n) is 6.27. The molecule has 0 aliphatic rings. The standard InChI is InChI=1S/C16H16O4/c1-19-9-10-20-15-11-13(7-8-14(15)16(17)18)12-5-3-2-4-6-12/h2-8,11H,9-10H2,1H3,(H,17,18). The van der Waals surface area contributed by atoms with Crippen molar-refractivity contribution in [1.82, 2.24) is 0 Å². The maximum absolute atomic E-state index is 11.2. The molecular weight excluding hydrogens is 256 g/mol. The Bertz CT molecular complexity index is 578. The van der Waals surface area contributed by atoms with Crippen LogP contribution in [0.5, 0.6) is 5.75 Å². The fourth-order valence-electron chi connectivity index (χ4n) is 1.86. The van der Waals surface area contributed by atoms with Crippen LogP contribution in [0.15, 0.2) is 48.5 Å². The van der Waals surface area contributed by atoms with Gasteiger partial charge >= 0.3 is 5.97 Å². The van der Waals surface area contributed by atoms with Gasteiger partial charge in [-0.05, 0) is 23.3 Å². The Hall–Kier alpha value is -2.33. The van der Waals surface area contributed by atoms with Crippen molar-refractivity contribution in [2.45, 2.75) is 0 Å². The Morgan fingerprint density at radius 2 is 1.80 bits per heavy atom. The van der Waals surface area contributed by atoms with Crippen molar-refractivity contribution in [2.24, 2.45) is 0 Å². The van der Waals surface area contributed by atoms with Crippen molar-refractivity contribution in [3.8, 4) is 16.9 Å². The van der Waals surface area contributed by atoms with Gasteiger partial charge in [-0.3, -0.25) is 0 Å². The molecule has 0 saturated carbocycles. The fourth-order valence-corrected chi connectivity index (χ4v) is 1.86. The number of hydrogen-bond acceptors (Lipinski definition) is 3. The molecule has 0 fully saturated rings. The van der Waals surface area contributed by atoms with E-state index in [1.807, 2.05) is 30.3 Å². The van der Waals surface area contributed by atoms with Gasteiger partial charge < -0.3 is 14.6 Å². The highest BCUT2D eigenvalue weighted by molar-refractivity contribution is 5.92. The molecule has 0 unspecified atom stereocenters. The lowest BCUT2D eigenvalue weighted by atomic mass is 10.0. The molecular formula is C16H16O4. The molecule has 4 nitrogen and oxygen atoms in total. The predicted octanol–water partition coefficient (Wildman–Crippen LogP) is 3.08. The number of hydrogen-bond donors (Lipinski definition) is 1. The summed E-state index contributed by atoms with van der Waals surface area (Å²) in [4.78, 5) is 11.2. The van der Waals surface area contributed by atoms with Crippen molar-refractivity contribution in [2.75, 3.05) is 20.3 Å². The third-order valence-electron chi connectivity index (χ3n) is 2.86. The minimum Gasteiger partial charge on any atom is -0.490 e. The third kappa shape index (κ3) is 3.36. The average molecular weight is 272 g/mol. The average Bonchev–Trinajstić information content (AvgIpc) is 2.48. The molecule has 2 rings (SSSR count). The SMILES string of the molecule is COCCOc1cc(-c2ccccc2)ccc1C(=O)O. The zero-order valence-corrected chi connectivity index (χ0v) is 11.2. The van der Waals surface area contributed by atoms with Crippen LogP contribution in [0.4, 0.5) is 0 Å². The third-order valence-corrected chi connectivity index (χ3v) is 2.86. The summed E-state index contributed by atoms with van der Waals surface area (Å²) in [6.45, 7) is 0.726. The molecule has 0 aliphatic carbocycles. The smallest absolute Gasteiger partial charge is 0.339 e. The van der Waals surface area contributed by atoms with E-state index in [-0.39, 0.29) is 5.56 Å². The van der Waals surface area contributed by atoms with Gasteiger partial charge in [0, 0.05) is 7.11 Å². The summed E-state index contributed by atoms with van der Waals surface area (Å²) in [5.74, 6) is -0.645. The van der Waals surface area contributed by atoms with Gasteiger partial charge in [-0.1, -0.05) is 36.4 Å². The molecule has 0 amide bonds. The number of rotatable bonds is 6. The highest BCUT2D eigenvalue weighted by Gasteiger charge is 2.12. The van der Waals surface area contributed by atoms with Gasteiger partial charge in [-0.2, -0.15) is 0 Å². The molecule has 2 aromatic carbocycles. The van der Waals surface area contributed by atoms with Crippen LogP contribution in [0.3, 0.4) is 0 Å². The van der Waals surface area contributed by atoms with Gasteiger partial charge in [-0.15, -0.1) is 0 Å². The van der Waals surface area contributed by atoms with Crippen LogP contribution in [0.25, 0.3) is 11.1 Å². The Morgan fingerprint density at radius 3 is 2.45 bits per heavy atom. The normalized spacial score (nSPS) is 10.2. The number of benzene rings is 2. The monoisotopic (exact) mass is 272 g/mol. The second kappa shape index (κ2) is 6.73. The van der Waals surface area contributed by atoms with Crippen LogP contribution in [-0.4, -0.2) is 31.4 Å². The van der Waals surface area contributed by atoms with Gasteiger partial charge in [0.05, 0.1) is 6.61 Å². The van der Waals surface area contributed by atoms with E-state index in [1.54, 1.807) is 25.3 Å². The number of carboxylic acids is 1. The lowest BCUT2D eigenvalue weighted by Crippen LogP contribution is -2.08. The second-order valence-corrected chi connectivity index (χ2v) is 4.22. The number of aromatic carboxylic acids is 1. The molecule has 2 aromatic rings. The van der Waals surface area contributed by atoms with E-state index in [2.05, 4.69) is 0 Å². The van der Waals surface area contributed by atoms with E-state index in [0.717, 1.165) is 11.1 Å². The summed E-state index contributed by atoms with van der Waals surface area (Å²) in [5, 5.41) is 9.17. The zero-order chi connectivity index (χ0) is 14.4. The summed E-state index contributed by atoms with van der Waals surface area (Å²) in [7, 11) is 1.57. The van der Waals surface area contributed by atoms with Crippen LogP contribution < -0.4 is 4.74 Å². The maximum Gasteiger partial charge on any atom is 0.339 e. The Kier molecular flexibility index (Phi) is 4.74. The van der Waals surface area contributed by atoms with Crippen LogP contribution in [0.1, 0.15) is 10.4 Å². The van der Waals surface area contributed by atoms with Crippen molar-refractivity contribution in [1.29, 1.82) is 0 Å². The van der Waals surface area contributed by atoms with Crippen LogP contribution in [0.2, 0.25) is 0 Å². The molecule has 20 heavy (non-hydrogen) atoms. The molecule has 0 bridgehead atoms. The van der Waals surface area contributed by atoms with Gasteiger partial charge in [0.25, 0.3) is 0 Å². The number of carboxylic acid groups (broad SMARTS) is 1. The Balaban J connectivity index is 2.32. The lowest BCUT2D eigenvalue weighted by molar-refractivity contribution is 0.0689. The van der Waals surface area contributed by atoms with Crippen molar-refractivity contribution in [3.63, 3.8) is 0 Å². The Morgan fingerprint density at radius 1 is 1.05 bits per heavy atom. The maximum atomic E-state index is 11.2. The molecule has 1 N–H and O–H groups in total. The molecule has 104 valence electrons. The van der Waals surface area contributed by atoms with Gasteiger partial charge in [0.15, 0.2) is 0 Å². The molecule has 0 spiro atoms. The van der Waals surface area contributed by atoms with Crippen LogP contribution in [0, 0.1) is 0 Å². The molecule has 0 atom stereocenters. The van der Waals surface area contributed by atoms with Gasteiger partial charge in [0.2, 0.25) is 0 Å². The van der Waals surface area contributed by atoms with E-state index in [4.69, 9.17) is 9.47 Å². The number of carbonyl (C=O) groups is 1.